The summed E-state index contributed by atoms with van der Waals surface area (Å²) >= 11 is 0. The molecule has 0 aliphatic rings. The van der Waals surface area contributed by atoms with Gasteiger partial charge >= 0.3 is 12.0 Å². The maximum atomic E-state index is 11.7. The van der Waals surface area contributed by atoms with Crippen molar-refractivity contribution in [3.63, 3.8) is 0 Å². The highest BCUT2D eigenvalue weighted by molar-refractivity contribution is 5.86. The molecule has 0 aromatic rings. The first-order chi connectivity index (χ1) is 8.22. The van der Waals surface area contributed by atoms with Crippen molar-refractivity contribution >= 4 is 17.9 Å². The van der Waals surface area contributed by atoms with Gasteiger partial charge in [0.2, 0.25) is 5.91 Å². The quantitative estimate of drug-likeness (QED) is 0.597. The standard InChI is InChI=1S/C11H21N3O4/c1-7(2)4-8(3)13-11(18)14(5-9(12)15)6-10(16)17/h7-8H,4-6H2,1-3H3,(H2,12,15)(H,13,18)(H,16,17). The fourth-order valence-electron chi connectivity index (χ4n) is 1.62. The van der Waals surface area contributed by atoms with Gasteiger partial charge in [-0.15, -0.1) is 0 Å². The van der Waals surface area contributed by atoms with Crippen molar-refractivity contribution in [3.8, 4) is 0 Å². The molecule has 0 aromatic carbocycles. The molecule has 0 aromatic heterocycles. The number of urea groups is 1. The highest BCUT2D eigenvalue weighted by Crippen LogP contribution is 2.04. The normalized spacial score (nSPS) is 12.0. The minimum atomic E-state index is -1.19. The van der Waals surface area contributed by atoms with Crippen LogP contribution in [0.4, 0.5) is 4.79 Å². The maximum Gasteiger partial charge on any atom is 0.323 e. The van der Waals surface area contributed by atoms with Gasteiger partial charge in [-0.3, -0.25) is 9.59 Å². The van der Waals surface area contributed by atoms with Gasteiger partial charge in [0.05, 0.1) is 0 Å². The molecular weight excluding hydrogens is 238 g/mol. The monoisotopic (exact) mass is 259 g/mol. The Morgan fingerprint density at radius 2 is 1.78 bits per heavy atom. The van der Waals surface area contributed by atoms with E-state index in [1.54, 1.807) is 0 Å². The maximum absolute atomic E-state index is 11.7. The summed E-state index contributed by atoms with van der Waals surface area (Å²) in [6, 6.07) is -0.689. The van der Waals surface area contributed by atoms with Crippen LogP contribution < -0.4 is 11.1 Å². The zero-order valence-corrected chi connectivity index (χ0v) is 11.0. The van der Waals surface area contributed by atoms with Crippen LogP contribution in [0.15, 0.2) is 0 Å². The van der Waals surface area contributed by atoms with Gasteiger partial charge in [0.15, 0.2) is 0 Å². The third-order valence-corrected chi connectivity index (χ3v) is 2.15. The Bertz CT molecular complexity index is 301. The van der Waals surface area contributed by atoms with Crippen LogP contribution >= 0.6 is 0 Å². The van der Waals surface area contributed by atoms with Crippen molar-refractivity contribution in [3.05, 3.63) is 0 Å². The van der Waals surface area contributed by atoms with Crippen molar-refractivity contribution in [2.75, 3.05) is 13.1 Å². The van der Waals surface area contributed by atoms with E-state index in [0.29, 0.717) is 5.92 Å². The molecule has 0 aliphatic heterocycles. The molecule has 0 saturated carbocycles. The van der Waals surface area contributed by atoms with Crippen LogP contribution in [0.3, 0.4) is 0 Å². The van der Waals surface area contributed by atoms with Crippen LogP contribution in [0.2, 0.25) is 0 Å². The molecule has 0 rings (SSSR count). The molecule has 0 saturated heterocycles. The summed E-state index contributed by atoms with van der Waals surface area (Å²) in [6.07, 6.45) is 0.767. The molecular formula is C11H21N3O4. The van der Waals surface area contributed by atoms with Crippen molar-refractivity contribution < 1.29 is 19.5 Å². The molecule has 18 heavy (non-hydrogen) atoms. The SMILES string of the molecule is CC(C)CC(C)NC(=O)N(CC(N)=O)CC(=O)O. The van der Waals surface area contributed by atoms with Gasteiger partial charge in [0.25, 0.3) is 0 Å². The van der Waals surface area contributed by atoms with E-state index >= 15 is 0 Å². The minimum absolute atomic E-state index is 0.0957. The predicted molar refractivity (Wildman–Crippen MR) is 65.9 cm³/mol. The van der Waals surface area contributed by atoms with Crippen LogP contribution in [0.5, 0.6) is 0 Å². The van der Waals surface area contributed by atoms with Gasteiger partial charge in [-0.2, -0.15) is 0 Å². The molecule has 0 radical (unpaired) electrons. The average Bonchev–Trinajstić information content (AvgIpc) is 2.13. The summed E-state index contributed by atoms with van der Waals surface area (Å²) < 4.78 is 0. The van der Waals surface area contributed by atoms with E-state index < -0.39 is 31.0 Å². The molecule has 1 unspecified atom stereocenters. The first-order valence-corrected chi connectivity index (χ1v) is 5.78. The molecule has 0 fully saturated rings. The predicted octanol–water partition coefficient (Wildman–Crippen LogP) is 0.00250. The molecule has 7 heteroatoms. The first kappa shape index (κ1) is 16.2. The van der Waals surface area contributed by atoms with E-state index in [1.165, 1.54) is 0 Å². The van der Waals surface area contributed by atoms with E-state index in [9.17, 15) is 14.4 Å². The lowest BCUT2D eigenvalue weighted by molar-refractivity contribution is -0.137. The Morgan fingerprint density at radius 1 is 1.22 bits per heavy atom. The summed E-state index contributed by atoms with van der Waals surface area (Å²) in [5, 5.41) is 11.3. The Labute approximate surface area is 106 Å². The van der Waals surface area contributed by atoms with E-state index in [-0.39, 0.29) is 6.04 Å². The Kier molecular flexibility index (Phi) is 6.77. The van der Waals surface area contributed by atoms with Crippen molar-refractivity contribution in [1.29, 1.82) is 0 Å². The lowest BCUT2D eigenvalue weighted by Crippen LogP contribution is -2.49. The summed E-state index contributed by atoms with van der Waals surface area (Å²) in [6.45, 7) is 4.89. The second-order valence-corrected chi connectivity index (χ2v) is 4.70. The van der Waals surface area contributed by atoms with Crippen molar-refractivity contribution in [2.24, 2.45) is 11.7 Å². The molecule has 0 bridgehead atoms. The van der Waals surface area contributed by atoms with Crippen LogP contribution in [0.1, 0.15) is 27.2 Å². The number of primary amides is 1. The van der Waals surface area contributed by atoms with Crippen LogP contribution in [0, 0.1) is 5.92 Å². The smallest absolute Gasteiger partial charge is 0.323 e. The van der Waals surface area contributed by atoms with Gasteiger partial charge in [-0.05, 0) is 19.3 Å². The van der Waals surface area contributed by atoms with Crippen LogP contribution in [-0.4, -0.2) is 47.0 Å². The highest BCUT2D eigenvalue weighted by atomic mass is 16.4. The molecule has 0 spiro atoms. The second kappa shape index (κ2) is 7.52. The first-order valence-electron chi connectivity index (χ1n) is 5.78. The van der Waals surface area contributed by atoms with Gasteiger partial charge < -0.3 is 21.1 Å². The number of nitrogens with two attached hydrogens (primary N) is 1. The number of carbonyl (C=O) groups excluding carboxylic acids is 2. The van der Waals surface area contributed by atoms with Gasteiger partial charge in [0, 0.05) is 6.04 Å². The summed E-state index contributed by atoms with van der Waals surface area (Å²) in [4.78, 5) is 34.0. The van der Waals surface area contributed by atoms with Crippen LogP contribution in [0.25, 0.3) is 0 Å². The number of carboxylic acid groups (broad SMARTS) is 1. The fraction of sp³-hybridized carbons (Fsp3) is 0.727. The molecule has 1 atom stereocenters. The van der Waals surface area contributed by atoms with E-state index in [0.717, 1.165) is 11.3 Å². The molecule has 3 amide bonds. The number of rotatable bonds is 7. The number of nitrogens with one attached hydrogen (secondary N) is 1. The second-order valence-electron chi connectivity index (χ2n) is 4.70. The molecule has 4 N–H and O–H groups in total. The number of hydrogen-bond acceptors (Lipinski definition) is 3. The topological polar surface area (TPSA) is 113 Å². The molecule has 7 nitrogen and oxygen atoms in total. The number of carboxylic acids is 1. The van der Waals surface area contributed by atoms with Gasteiger partial charge in [-0.1, -0.05) is 13.8 Å². The lowest BCUT2D eigenvalue weighted by Gasteiger charge is -2.23. The number of nitrogens with zero attached hydrogens (tertiary/aromatic N) is 1. The third kappa shape index (κ3) is 7.48. The Hall–Kier alpha value is -1.79. The Morgan fingerprint density at radius 3 is 2.17 bits per heavy atom. The van der Waals surface area contributed by atoms with Crippen molar-refractivity contribution in [1.82, 2.24) is 10.2 Å². The Balaban J connectivity index is 4.45. The van der Waals surface area contributed by atoms with Gasteiger partial charge in [-0.25, -0.2) is 4.79 Å². The molecule has 0 aliphatic carbocycles. The summed E-state index contributed by atoms with van der Waals surface area (Å²) in [5.41, 5.74) is 4.96. The zero-order valence-electron chi connectivity index (χ0n) is 11.0. The third-order valence-electron chi connectivity index (χ3n) is 2.15. The summed E-state index contributed by atoms with van der Waals surface area (Å²) in [7, 11) is 0. The fourth-order valence-corrected chi connectivity index (χ4v) is 1.62. The molecule has 0 heterocycles. The average molecular weight is 259 g/mol. The van der Waals surface area contributed by atoms with Crippen molar-refractivity contribution in [2.45, 2.75) is 33.2 Å². The molecule has 104 valence electrons. The number of carbonyl (C=O) groups is 3. The number of aliphatic carboxylic acids is 1. The van der Waals surface area contributed by atoms with E-state index in [4.69, 9.17) is 10.8 Å². The zero-order chi connectivity index (χ0) is 14.3. The van der Waals surface area contributed by atoms with E-state index in [1.807, 2.05) is 20.8 Å². The largest absolute Gasteiger partial charge is 0.480 e. The number of amides is 3. The van der Waals surface area contributed by atoms with E-state index in [2.05, 4.69) is 5.32 Å². The lowest BCUT2D eigenvalue weighted by atomic mass is 10.1. The van der Waals surface area contributed by atoms with Crippen LogP contribution in [-0.2, 0) is 9.59 Å². The summed E-state index contributed by atoms with van der Waals surface area (Å²) in [5.74, 6) is -1.53. The van der Waals surface area contributed by atoms with Gasteiger partial charge in [0.1, 0.15) is 13.1 Å². The highest BCUT2D eigenvalue weighted by Gasteiger charge is 2.20. The number of hydrogen-bond donors (Lipinski definition) is 3. The minimum Gasteiger partial charge on any atom is -0.480 e.